The number of nitrogens with zero attached hydrogens (tertiary/aromatic N) is 2. The van der Waals surface area contributed by atoms with E-state index in [9.17, 15) is 22.0 Å². The van der Waals surface area contributed by atoms with Gasteiger partial charge in [-0.25, -0.2) is 8.78 Å². The van der Waals surface area contributed by atoms with Crippen molar-refractivity contribution in [1.29, 1.82) is 5.26 Å². The Morgan fingerprint density at radius 2 is 1.89 bits per heavy atom. The highest BCUT2D eigenvalue weighted by Gasteiger charge is 2.39. The number of benzene rings is 2. The number of alkyl halides is 3. The third-order valence-corrected chi connectivity index (χ3v) is 7.66. The summed E-state index contributed by atoms with van der Waals surface area (Å²) in [6, 6.07) is 9.82. The molecule has 2 aromatic rings. The van der Waals surface area contributed by atoms with Crippen LogP contribution in [0.25, 0.3) is 5.57 Å². The van der Waals surface area contributed by atoms with Crippen LogP contribution >= 0.6 is 0 Å². The third kappa shape index (κ3) is 8.13. The largest absolute Gasteiger partial charge is 0.418 e. The van der Waals surface area contributed by atoms with Gasteiger partial charge in [0.15, 0.2) is 0 Å². The maximum atomic E-state index is 14.8. The molecule has 2 aliphatic rings. The highest BCUT2D eigenvalue weighted by Crippen LogP contribution is 2.44. The molecule has 1 heterocycles. The van der Waals surface area contributed by atoms with Gasteiger partial charge in [-0.3, -0.25) is 5.32 Å². The normalized spacial score (nSPS) is 17.2. The first kappa shape index (κ1) is 34.5. The summed E-state index contributed by atoms with van der Waals surface area (Å²) in [4.78, 5) is 1.22. The Kier molecular flexibility index (Phi) is 11.9. The van der Waals surface area contributed by atoms with E-state index in [1.54, 1.807) is 25.1 Å². The Morgan fingerprint density at radius 3 is 2.48 bits per heavy atom. The molecule has 0 bridgehead atoms. The van der Waals surface area contributed by atoms with Gasteiger partial charge in [-0.2, -0.15) is 18.4 Å². The molecule has 0 aromatic heterocycles. The van der Waals surface area contributed by atoms with Crippen molar-refractivity contribution in [3.63, 3.8) is 0 Å². The molecule has 44 heavy (non-hydrogen) atoms. The first-order valence-electron chi connectivity index (χ1n) is 14.5. The average molecular weight is 611 g/mol. The minimum atomic E-state index is -4.71. The van der Waals surface area contributed by atoms with Crippen molar-refractivity contribution in [2.24, 2.45) is 5.92 Å². The number of hydrogen-bond donors (Lipinski definition) is 2. The van der Waals surface area contributed by atoms with E-state index in [1.807, 2.05) is 14.0 Å². The third-order valence-electron chi connectivity index (χ3n) is 7.66. The second-order valence-corrected chi connectivity index (χ2v) is 10.8. The number of likely N-dealkylation sites (N-methyl/N-ethyl adjacent to an activating group) is 1. The lowest BCUT2D eigenvalue weighted by atomic mass is 9.96. The molecule has 0 spiro atoms. The molecule has 0 radical (unpaired) electrons. The van der Waals surface area contributed by atoms with Gasteiger partial charge in [-0.15, -0.1) is 0 Å². The summed E-state index contributed by atoms with van der Waals surface area (Å²) in [7, 11) is 1.93. The Hall–Kier alpha value is -4.00. The van der Waals surface area contributed by atoms with E-state index in [1.165, 1.54) is 10.5 Å². The lowest BCUT2D eigenvalue weighted by Crippen LogP contribution is -2.42. The Balaban J connectivity index is 0.000000269. The molecule has 2 N–H and O–H groups in total. The lowest BCUT2D eigenvalue weighted by molar-refractivity contribution is -0.137. The van der Waals surface area contributed by atoms with Crippen LogP contribution in [0.15, 0.2) is 90.2 Å². The van der Waals surface area contributed by atoms with Crippen LogP contribution in [0.2, 0.25) is 0 Å². The molecule has 1 aliphatic carbocycles. The Bertz CT molecular complexity index is 1510. The van der Waals surface area contributed by atoms with E-state index >= 15 is 0 Å². The van der Waals surface area contributed by atoms with Crippen molar-refractivity contribution < 1.29 is 22.0 Å². The number of halogens is 5. The molecule has 0 saturated carbocycles. The first-order valence-corrected chi connectivity index (χ1v) is 14.5. The minimum absolute atomic E-state index is 0.0407. The van der Waals surface area contributed by atoms with Crippen LogP contribution in [-0.4, -0.2) is 26.3 Å². The van der Waals surface area contributed by atoms with Crippen LogP contribution in [0, 0.1) is 28.9 Å². The summed E-state index contributed by atoms with van der Waals surface area (Å²) >= 11 is 0. The maximum absolute atomic E-state index is 14.8. The van der Waals surface area contributed by atoms with Crippen molar-refractivity contribution >= 4 is 11.3 Å². The zero-order valence-corrected chi connectivity index (χ0v) is 25.6. The van der Waals surface area contributed by atoms with Gasteiger partial charge in [0.1, 0.15) is 11.6 Å². The van der Waals surface area contributed by atoms with E-state index in [0.29, 0.717) is 46.7 Å². The number of nitrogens with one attached hydrogen (secondary N) is 2. The van der Waals surface area contributed by atoms with E-state index in [4.69, 9.17) is 5.26 Å². The summed E-state index contributed by atoms with van der Waals surface area (Å²) in [5, 5.41) is 15.2. The van der Waals surface area contributed by atoms with Gasteiger partial charge in [-0.1, -0.05) is 69.5 Å². The minimum Gasteiger partial charge on any atom is -0.337 e. The maximum Gasteiger partial charge on any atom is 0.418 e. The van der Waals surface area contributed by atoms with E-state index in [-0.39, 0.29) is 18.3 Å². The van der Waals surface area contributed by atoms with Gasteiger partial charge in [0.05, 0.1) is 23.5 Å². The van der Waals surface area contributed by atoms with Crippen LogP contribution in [0.3, 0.4) is 0 Å². The molecule has 0 fully saturated rings. The van der Waals surface area contributed by atoms with Crippen molar-refractivity contribution in [2.45, 2.75) is 52.4 Å². The lowest BCUT2D eigenvalue weighted by Gasteiger charge is -2.24. The smallest absolute Gasteiger partial charge is 0.337 e. The predicted octanol–water partition coefficient (Wildman–Crippen LogP) is 8.47. The summed E-state index contributed by atoms with van der Waals surface area (Å²) < 4.78 is 69.4. The summed E-state index contributed by atoms with van der Waals surface area (Å²) in [6.45, 7) is 13.9. The summed E-state index contributed by atoms with van der Waals surface area (Å²) in [6.07, 6.45) is 4.38. The van der Waals surface area contributed by atoms with Gasteiger partial charge < -0.3 is 10.2 Å². The number of para-hydroxylation sites is 1. The van der Waals surface area contributed by atoms with Crippen LogP contribution in [0.5, 0.6) is 0 Å². The molecule has 0 saturated heterocycles. The van der Waals surface area contributed by atoms with Crippen LogP contribution in [0.4, 0.5) is 27.6 Å². The number of aryl methyl sites for hydroxylation is 1. The number of rotatable bonds is 9. The fourth-order valence-electron chi connectivity index (χ4n) is 5.24. The molecular weight excluding hydrogens is 571 g/mol. The first-order chi connectivity index (χ1) is 20.8. The van der Waals surface area contributed by atoms with Crippen molar-refractivity contribution in [3.8, 4) is 6.07 Å². The quantitative estimate of drug-likeness (QED) is 0.170. The second-order valence-electron chi connectivity index (χ2n) is 10.8. The molecule has 234 valence electrons. The van der Waals surface area contributed by atoms with E-state index in [0.717, 1.165) is 31.2 Å². The van der Waals surface area contributed by atoms with Crippen molar-refractivity contribution in [1.82, 2.24) is 10.6 Å². The van der Waals surface area contributed by atoms with Crippen LogP contribution in [0.1, 0.15) is 50.3 Å². The monoisotopic (exact) mass is 610 g/mol. The fourth-order valence-corrected chi connectivity index (χ4v) is 5.24. The van der Waals surface area contributed by atoms with Crippen molar-refractivity contribution in [2.75, 3.05) is 25.0 Å². The number of anilines is 1. The zero-order valence-electron chi connectivity index (χ0n) is 25.6. The van der Waals surface area contributed by atoms with Gasteiger partial charge in [0, 0.05) is 35.5 Å². The van der Waals surface area contributed by atoms with Gasteiger partial charge >= 0.3 is 6.18 Å². The molecule has 2 aromatic carbocycles. The van der Waals surface area contributed by atoms with Crippen molar-refractivity contribution in [3.05, 3.63) is 119 Å². The molecule has 0 amide bonds. The fraction of sp³-hybridized carbons (Fsp3) is 0.343. The molecule has 1 aliphatic heterocycles. The molecule has 2 atom stereocenters. The van der Waals surface area contributed by atoms with Crippen LogP contribution < -0.4 is 15.5 Å². The second kappa shape index (κ2) is 15.1. The summed E-state index contributed by atoms with van der Waals surface area (Å²) in [5.41, 5.74) is 2.22. The number of nitriles is 1. The number of hydrogen-bond acceptors (Lipinski definition) is 4. The zero-order chi connectivity index (χ0) is 32.6. The highest BCUT2D eigenvalue weighted by atomic mass is 19.4. The Morgan fingerprint density at radius 1 is 1.18 bits per heavy atom. The molecular formula is C35H39F5N4. The van der Waals surface area contributed by atoms with Gasteiger partial charge in [0.2, 0.25) is 0 Å². The highest BCUT2D eigenvalue weighted by molar-refractivity contribution is 5.89. The number of allylic oxidation sites excluding steroid dienone is 3. The Labute approximate surface area is 257 Å². The predicted molar refractivity (Wildman–Crippen MR) is 167 cm³/mol. The molecule has 9 heteroatoms. The van der Waals surface area contributed by atoms with Gasteiger partial charge in [0.25, 0.3) is 0 Å². The SMILES string of the molecule is C=C(C#N)CCNC(NC)C1=CCC(C)C=C1.C=C1CN(c2c(F)cccc2C(F)(F)F)C(C)=C1c1cccc(CC)c1F. The summed E-state index contributed by atoms with van der Waals surface area (Å²) in [5.74, 6) is -0.780. The molecule has 4 rings (SSSR count). The van der Waals surface area contributed by atoms with E-state index in [2.05, 4.69) is 55.0 Å². The topological polar surface area (TPSA) is 51.1 Å². The van der Waals surface area contributed by atoms with E-state index < -0.39 is 29.1 Å². The van der Waals surface area contributed by atoms with Crippen LogP contribution in [-0.2, 0) is 12.6 Å². The average Bonchev–Trinajstić information content (AvgIpc) is 3.28. The van der Waals surface area contributed by atoms with Gasteiger partial charge in [-0.05, 0) is 68.0 Å². The molecule has 4 nitrogen and oxygen atoms in total. The molecule has 2 unspecified atom stereocenters. The standard InChI is InChI=1S/C21H18F5N.C14H21N3/c1-4-14-7-5-8-15(19(14)23)18-12(2)11-27(13(18)3)20-16(21(24,25)26)9-6-10-17(20)22;1-11-4-6-13(7-5-11)14(16-3)17-9-8-12(2)10-15/h5-10H,2,4,11H2,1,3H3;4,6-7,11,14,16-17H,2,5,8-9H2,1,3H3.